The molecule has 0 bridgehead atoms. The lowest BCUT2D eigenvalue weighted by atomic mass is 9.47. The molecule has 29 heavy (non-hydrogen) atoms. The molecule has 0 aliphatic heterocycles. The van der Waals surface area contributed by atoms with E-state index in [9.17, 15) is 5.11 Å². The molecular weight excluding hydrogens is 352 g/mol. The number of fused-ring (bicyclic) bond motifs is 5. The lowest BCUT2D eigenvalue weighted by Crippen LogP contribution is -2.50. The first-order valence-corrected chi connectivity index (χ1v) is 12.7. The van der Waals surface area contributed by atoms with E-state index in [2.05, 4.69) is 59.8 Å². The molecule has 3 fully saturated rings. The van der Waals surface area contributed by atoms with Crippen LogP contribution in [-0.2, 0) is 0 Å². The van der Waals surface area contributed by atoms with Gasteiger partial charge in [0.1, 0.15) is 0 Å². The summed E-state index contributed by atoms with van der Waals surface area (Å²) in [6, 6.07) is 0. The first kappa shape index (κ1) is 21.7. The van der Waals surface area contributed by atoms with Crippen LogP contribution in [0.1, 0.15) is 92.9 Å². The van der Waals surface area contributed by atoms with Crippen molar-refractivity contribution in [3.8, 4) is 0 Å². The van der Waals surface area contributed by atoms with Gasteiger partial charge in [-0.1, -0.05) is 65.3 Å². The van der Waals surface area contributed by atoms with E-state index in [4.69, 9.17) is 0 Å². The normalized spacial score (nSPS) is 46.8. The van der Waals surface area contributed by atoms with Gasteiger partial charge in [0.05, 0.1) is 6.10 Å². The SMILES string of the molecule is CC(C)C(C)/C=C\C(C)C1CCC2C3CC=C4CC(O)CCC4(C)C3CCC12C. The maximum atomic E-state index is 10.2. The standard InChI is InChI=1S/C28H46O/c1-18(2)19(3)7-8-20(4)24-11-12-25-23-10-9-21-17-22(29)13-15-27(21,5)26(23)14-16-28(24,25)6/h7-9,18-20,22-26,29H,10-17H2,1-6H3/b8-7-. The van der Waals surface area contributed by atoms with Gasteiger partial charge in [-0.2, -0.15) is 0 Å². The number of aliphatic hydroxyl groups is 1. The molecule has 3 saturated carbocycles. The molecule has 4 aliphatic carbocycles. The molecule has 1 nitrogen and oxygen atoms in total. The highest BCUT2D eigenvalue weighted by Gasteiger charge is 2.58. The Morgan fingerprint density at radius 2 is 1.72 bits per heavy atom. The Balaban J connectivity index is 1.53. The Hall–Kier alpha value is -0.560. The van der Waals surface area contributed by atoms with Gasteiger partial charge in [0.25, 0.3) is 0 Å². The van der Waals surface area contributed by atoms with Crippen molar-refractivity contribution in [1.29, 1.82) is 0 Å². The second-order valence-corrected chi connectivity index (χ2v) is 12.2. The molecule has 9 unspecified atom stereocenters. The molecule has 0 aromatic rings. The molecule has 1 heteroatoms. The van der Waals surface area contributed by atoms with Gasteiger partial charge in [0.15, 0.2) is 0 Å². The van der Waals surface area contributed by atoms with E-state index in [1.165, 1.54) is 38.5 Å². The minimum Gasteiger partial charge on any atom is -0.393 e. The van der Waals surface area contributed by atoms with Crippen molar-refractivity contribution in [2.75, 3.05) is 0 Å². The number of aliphatic hydroxyl groups excluding tert-OH is 1. The van der Waals surface area contributed by atoms with Crippen LogP contribution in [0.2, 0.25) is 0 Å². The summed E-state index contributed by atoms with van der Waals surface area (Å²) in [6.45, 7) is 14.7. The summed E-state index contributed by atoms with van der Waals surface area (Å²) in [5.74, 6) is 5.63. The highest BCUT2D eigenvalue weighted by atomic mass is 16.3. The monoisotopic (exact) mass is 398 g/mol. The van der Waals surface area contributed by atoms with Gasteiger partial charge >= 0.3 is 0 Å². The fourth-order valence-electron chi connectivity index (χ4n) is 8.25. The van der Waals surface area contributed by atoms with Crippen LogP contribution in [0.3, 0.4) is 0 Å². The highest BCUT2D eigenvalue weighted by Crippen LogP contribution is 2.67. The molecule has 1 N–H and O–H groups in total. The van der Waals surface area contributed by atoms with Crippen LogP contribution in [0.4, 0.5) is 0 Å². The summed E-state index contributed by atoms with van der Waals surface area (Å²) in [6.07, 6.45) is 17.7. The summed E-state index contributed by atoms with van der Waals surface area (Å²) in [5.41, 5.74) is 2.51. The molecule has 9 atom stereocenters. The van der Waals surface area contributed by atoms with Crippen LogP contribution in [0.15, 0.2) is 23.8 Å². The summed E-state index contributed by atoms with van der Waals surface area (Å²) < 4.78 is 0. The largest absolute Gasteiger partial charge is 0.393 e. The minimum atomic E-state index is -0.0866. The molecule has 0 amide bonds. The van der Waals surface area contributed by atoms with Crippen LogP contribution in [0.5, 0.6) is 0 Å². The maximum Gasteiger partial charge on any atom is 0.0577 e. The highest BCUT2D eigenvalue weighted by molar-refractivity contribution is 5.25. The van der Waals surface area contributed by atoms with Crippen molar-refractivity contribution in [2.24, 2.45) is 52.3 Å². The summed E-state index contributed by atoms with van der Waals surface area (Å²) in [7, 11) is 0. The van der Waals surface area contributed by atoms with Crippen LogP contribution in [0.25, 0.3) is 0 Å². The van der Waals surface area contributed by atoms with Crippen LogP contribution < -0.4 is 0 Å². The van der Waals surface area contributed by atoms with Gasteiger partial charge in [0, 0.05) is 0 Å². The van der Waals surface area contributed by atoms with Gasteiger partial charge in [0.2, 0.25) is 0 Å². The molecule has 164 valence electrons. The van der Waals surface area contributed by atoms with E-state index < -0.39 is 0 Å². The smallest absolute Gasteiger partial charge is 0.0577 e. The quantitative estimate of drug-likeness (QED) is 0.489. The molecule has 4 rings (SSSR count). The Kier molecular flexibility index (Phi) is 5.86. The van der Waals surface area contributed by atoms with Crippen LogP contribution >= 0.6 is 0 Å². The van der Waals surface area contributed by atoms with Crippen molar-refractivity contribution in [1.82, 2.24) is 0 Å². The first-order chi connectivity index (χ1) is 13.7. The Labute approximate surface area is 180 Å². The van der Waals surface area contributed by atoms with E-state index in [0.717, 1.165) is 42.4 Å². The second-order valence-electron chi connectivity index (χ2n) is 12.2. The van der Waals surface area contributed by atoms with Crippen LogP contribution in [-0.4, -0.2) is 11.2 Å². The predicted octanol–water partition coefficient (Wildman–Crippen LogP) is 7.41. The summed E-state index contributed by atoms with van der Waals surface area (Å²) in [4.78, 5) is 0. The van der Waals surface area contributed by atoms with Gasteiger partial charge < -0.3 is 5.11 Å². The van der Waals surface area contributed by atoms with Crippen molar-refractivity contribution in [2.45, 2.75) is 99.0 Å². The van der Waals surface area contributed by atoms with Gasteiger partial charge in [-0.15, -0.1) is 0 Å². The third kappa shape index (κ3) is 3.58. The summed E-state index contributed by atoms with van der Waals surface area (Å²) in [5, 5.41) is 10.2. The average Bonchev–Trinajstić information content (AvgIpc) is 3.03. The van der Waals surface area contributed by atoms with Crippen molar-refractivity contribution in [3.63, 3.8) is 0 Å². The van der Waals surface area contributed by atoms with E-state index in [-0.39, 0.29) is 6.10 Å². The second kappa shape index (κ2) is 7.85. The zero-order valence-corrected chi connectivity index (χ0v) is 20.0. The number of rotatable bonds is 4. The molecule has 0 heterocycles. The fourth-order valence-corrected chi connectivity index (χ4v) is 8.25. The molecule has 0 aromatic heterocycles. The van der Waals surface area contributed by atoms with Crippen molar-refractivity contribution >= 4 is 0 Å². The number of hydrogen-bond acceptors (Lipinski definition) is 1. The summed E-state index contributed by atoms with van der Waals surface area (Å²) >= 11 is 0. The minimum absolute atomic E-state index is 0.0866. The third-order valence-corrected chi connectivity index (χ3v) is 10.6. The van der Waals surface area contributed by atoms with E-state index in [0.29, 0.717) is 22.7 Å². The Bertz CT molecular complexity index is 659. The Morgan fingerprint density at radius 3 is 2.45 bits per heavy atom. The molecule has 4 aliphatic rings. The fraction of sp³-hybridized carbons (Fsp3) is 0.857. The topological polar surface area (TPSA) is 20.2 Å². The lowest BCUT2D eigenvalue weighted by Gasteiger charge is -2.58. The molecule has 0 aromatic carbocycles. The molecule has 0 saturated heterocycles. The zero-order valence-electron chi connectivity index (χ0n) is 20.0. The van der Waals surface area contributed by atoms with E-state index in [1.807, 2.05) is 0 Å². The molecular formula is C28H46O. The molecule has 0 radical (unpaired) electrons. The maximum absolute atomic E-state index is 10.2. The van der Waals surface area contributed by atoms with E-state index in [1.54, 1.807) is 5.57 Å². The first-order valence-electron chi connectivity index (χ1n) is 12.7. The van der Waals surface area contributed by atoms with Gasteiger partial charge in [-0.25, -0.2) is 0 Å². The van der Waals surface area contributed by atoms with Crippen molar-refractivity contribution in [3.05, 3.63) is 23.8 Å². The predicted molar refractivity (Wildman–Crippen MR) is 124 cm³/mol. The van der Waals surface area contributed by atoms with Gasteiger partial charge in [-0.3, -0.25) is 0 Å². The molecule has 0 spiro atoms. The number of allylic oxidation sites excluding steroid dienone is 3. The lowest BCUT2D eigenvalue weighted by molar-refractivity contribution is -0.0540. The average molecular weight is 399 g/mol. The third-order valence-electron chi connectivity index (χ3n) is 10.6. The van der Waals surface area contributed by atoms with Crippen molar-refractivity contribution < 1.29 is 5.11 Å². The van der Waals surface area contributed by atoms with Crippen LogP contribution in [0, 0.1) is 52.3 Å². The zero-order chi connectivity index (χ0) is 21.0. The Morgan fingerprint density at radius 1 is 0.966 bits per heavy atom. The van der Waals surface area contributed by atoms with Gasteiger partial charge in [-0.05, 0) is 104 Å². The number of hydrogen-bond donors (Lipinski definition) is 1. The van der Waals surface area contributed by atoms with E-state index >= 15 is 0 Å².